The van der Waals surface area contributed by atoms with Gasteiger partial charge in [0.2, 0.25) is 0 Å². The molecule has 0 N–H and O–H groups in total. The monoisotopic (exact) mass is 1630 g/mol. The molecule has 1 aliphatic heterocycles. The summed E-state index contributed by atoms with van der Waals surface area (Å²) in [6, 6.07) is 36.6. The Bertz CT molecular complexity index is 3830. The van der Waals surface area contributed by atoms with Crippen molar-refractivity contribution >= 4 is 24.6 Å². The Morgan fingerprint density at radius 3 is 0.763 bits per heavy atom. The Labute approximate surface area is 694 Å². The Balaban J connectivity index is 1.68. The third-order valence-electron chi connectivity index (χ3n) is 20.1. The molecule has 1 heterocycles. The van der Waals surface area contributed by atoms with Crippen molar-refractivity contribution in [3.8, 4) is 69.0 Å². The van der Waals surface area contributed by atoms with Gasteiger partial charge in [-0.1, -0.05) is 282 Å². The van der Waals surface area contributed by atoms with Crippen LogP contribution in [-0.2, 0) is 32.5 Å². The van der Waals surface area contributed by atoms with Crippen LogP contribution in [0, 0.1) is 0 Å². The van der Waals surface area contributed by atoms with Crippen LogP contribution in [0.1, 0.15) is 354 Å². The summed E-state index contributed by atoms with van der Waals surface area (Å²) in [5, 5.41) is 0. The maximum Gasteiger partial charge on any atom is 0.447 e. The Hall–Kier alpha value is -6.07. The van der Waals surface area contributed by atoms with Crippen molar-refractivity contribution in [1.29, 1.82) is 0 Å². The number of benzene rings is 6. The van der Waals surface area contributed by atoms with Crippen molar-refractivity contribution < 1.29 is 56.2 Å². The Kier molecular flexibility index (Phi) is 37.7. The molecule has 0 bridgehead atoms. The van der Waals surface area contributed by atoms with Crippen molar-refractivity contribution in [1.82, 2.24) is 9.21 Å². The molecule has 6 aromatic carbocycles. The fourth-order valence-corrected chi connectivity index (χ4v) is 20.8. The molecule has 15 nitrogen and oxygen atoms in total. The van der Waals surface area contributed by atoms with Gasteiger partial charge in [-0.3, -0.25) is 0 Å². The summed E-state index contributed by atoms with van der Waals surface area (Å²) in [5.74, 6) is 7.60. The molecular formula is C96H150N3O12P3. The average molecular weight is 1630 g/mol. The van der Waals surface area contributed by atoms with E-state index < -0.39 is 51.6 Å². The number of unbranched alkanes of at least 4 members (excludes halogenated alkanes) is 18. The first kappa shape index (κ1) is 95.1. The zero-order valence-corrected chi connectivity index (χ0v) is 77.9. The SMILES string of the molecule is CCCCCCOc1ccc(ON2P(Oc3ccc(OCCCCCC)c(C(C)(C)C)c3)N=P(Oc3ccc(OCCCCCC)c(C(C)(C)C)c3)(Oc3ccc(OCCCCCC)c(C(C)(C)C)c3)N(Oc3ccc(OCCCCCC)c(C(C)(C)C)c3)P2Oc2ccc(OCCCCCC)c(C(C)(C)C)c2)cc1C(C)(C)C. The molecule has 2 unspecified atom stereocenters. The van der Waals surface area contributed by atoms with Crippen molar-refractivity contribution in [3.63, 3.8) is 0 Å². The number of ether oxygens (including phenoxy) is 6. The number of nitrogens with zero attached hydrogens (tertiary/aromatic N) is 3. The molecule has 0 aromatic heterocycles. The van der Waals surface area contributed by atoms with Gasteiger partial charge in [0, 0.05) is 42.6 Å². The van der Waals surface area contributed by atoms with Crippen LogP contribution < -0.4 is 56.2 Å². The van der Waals surface area contributed by atoms with Gasteiger partial charge in [0.15, 0.2) is 0 Å². The molecule has 636 valence electrons. The highest BCUT2D eigenvalue weighted by atomic mass is 31.3. The predicted molar refractivity (Wildman–Crippen MR) is 479 cm³/mol. The van der Waals surface area contributed by atoms with Gasteiger partial charge in [0.25, 0.3) is 0 Å². The molecule has 7 rings (SSSR count). The summed E-state index contributed by atoms with van der Waals surface area (Å²) < 4.78 is 82.4. The molecule has 2 atom stereocenters. The van der Waals surface area contributed by atoms with Crippen LogP contribution in [0.5, 0.6) is 69.0 Å². The fourth-order valence-electron chi connectivity index (χ4n) is 13.4. The van der Waals surface area contributed by atoms with E-state index in [1.165, 1.54) is 0 Å². The molecule has 0 saturated carbocycles. The zero-order chi connectivity index (χ0) is 83.3. The second kappa shape index (κ2) is 45.2. The quantitative estimate of drug-likeness (QED) is 0.0265. The molecule has 6 aromatic rings. The van der Waals surface area contributed by atoms with Gasteiger partial charge in [-0.25, -0.2) is 0 Å². The first-order valence-corrected chi connectivity index (χ1v) is 47.5. The van der Waals surface area contributed by atoms with E-state index in [0.717, 1.165) is 222 Å². The van der Waals surface area contributed by atoms with E-state index in [2.05, 4.69) is 203 Å². The van der Waals surface area contributed by atoms with Crippen molar-refractivity contribution in [2.24, 2.45) is 4.52 Å². The Morgan fingerprint density at radius 2 is 0.500 bits per heavy atom. The van der Waals surface area contributed by atoms with Gasteiger partial charge in [0.1, 0.15) is 69.0 Å². The van der Waals surface area contributed by atoms with E-state index in [9.17, 15) is 0 Å². The number of hydrogen-bond donors (Lipinski definition) is 0. The lowest BCUT2D eigenvalue weighted by Gasteiger charge is -2.44. The highest BCUT2D eigenvalue weighted by Crippen LogP contribution is 2.78. The van der Waals surface area contributed by atoms with Gasteiger partial charge in [-0.15, -0.1) is 4.52 Å². The molecule has 0 radical (unpaired) electrons. The first-order valence-electron chi connectivity index (χ1n) is 43.6. The minimum Gasteiger partial charge on any atom is -0.493 e. The minimum atomic E-state index is -4.46. The predicted octanol–water partition coefficient (Wildman–Crippen LogP) is 30.8. The highest BCUT2D eigenvalue weighted by Gasteiger charge is 2.59. The normalized spacial score (nSPS) is 15.1. The minimum absolute atomic E-state index is 0.387. The van der Waals surface area contributed by atoms with Crippen LogP contribution in [0.3, 0.4) is 0 Å². The number of rotatable bonds is 48. The van der Waals surface area contributed by atoms with Crippen LogP contribution in [0.4, 0.5) is 0 Å². The summed E-state index contributed by atoms with van der Waals surface area (Å²) in [6.07, 6.45) is 25.8. The molecule has 0 amide bonds. The largest absolute Gasteiger partial charge is 0.493 e. The van der Waals surface area contributed by atoms with Crippen LogP contribution in [0.25, 0.3) is 0 Å². The van der Waals surface area contributed by atoms with Crippen molar-refractivity contribution in [3.05, 3.63) is 143 Å². The second-order valence-electron chi connectivity index (χ2n) is 37.0. The van der Waals surface area contributed by atoms with Gasteiger partial charge in [-0.2, -0.15) is 0 Å². The lowest BCUT2D eigenvalue weighted by atomic mass is 9.86. The van der Waals surface area contributed by atoms with Crippen molar-refractivity contribution in [2.75, 3.05) is 39.6 Å². The van der Waals surface area contributed by atoms with E-state index in [1.807, 2.05) is 72.8 Å². The number of hydrogen-bond acceptors (Lipinski definition) is 15. The maximum atomic E-state index is 8.10. The molecule has 114 heavy (non-hydrogen) atoms. The van der Waals surface area contributed by atoms with E-state index in [4.69, 9.17) is 60.7 Å². The first-order chi connectivity index (χ1) is 54.1. The smallest absolute Gasteiger partial charge is 0.447 e. The average Bonchev–Trinajstić information content (AvgIpc) is 0.730. The summed E-state index contributed by atoms with van der Waals surface area (Å²) in [7, 11) is -9.62. The maximum absolute atomic E-state index is 8.10. The third-order valence-corrected chi connectivity index (χ3v) is 27.0. The third kappa shape index (κ3) is 29.5. The van der Waals surface area contributed by atoms with E-state index in [1.54, 1.807) is 9.21 Å². The van der Waals surface area contributed by atoms with E-state index in [0.29, 0.717) is 74.1 Å². The van der Waals surface area contributed by atoms with Crippen LogP contribution in [0.15, 0.2) is 114 Å². The molecule has 0 spiro atoms. The summed E-state index contributed by atoms with van der Waals surface area (Å²) in [6.45, 7) is 56.7. The highest BCUT2D eigenvalue weighted by molar-refractivity contribution is 7.78. The topological polar surface area (TPSA) is 130 Å². The molecule has 0 aliphatic carbocycles. The standard InChI is InChI=1S/C96H150N3O12P3/c1-25-31-37-43-61-100-85-55-49-73(67-79(85)91(7,8)9)106-98-112(108-75-51-57-87(81(69-75)93(13,14)15)102-63-45-39-33-27-3)97-114(110-77-53-59-89(83(71-77)95(19,20)21)104-65-47-41-35-29-5,111-78-54-60-90(84(72-78)96(22,23)24)105-66-48-42-36-30-6)99(107-74-50-56-86(80(68-74)92(10,11)12)101-62-44-38-32-26-2)113(98)109-76-52-58-88(82(70-76)94(16,17)18)103-64-46-40-34-28-4/h49-60,67-72H,25-48,61-66H2,1-24H3. The lowest BCUT2D eigenvalue weighted by molar-refractivity contribution is 0.0542. The molecule has 0 fully saturated rings. The van der Waals surface area contributed by atoms with E-state index in [-0.39, 0.29) is 5.41 Å². The molecule has 18 heteroatoms. The second-order valence-corrected chi connectivity index (χ2v) is 42.6. The van der Waals surface area contributed by atoms with Gasteiger partial charge in [-0.05, 0) is 180 Å². The van der Waals surface area contributed by atoms with Crippen LogP contribution in [-0.4, -0.2) is 48.8 Å². The van der Waals surface area contributed by atoms with Crippen LogP contribution >= 0.6 is 24.6 Å². The molecule has 1 aliphatic rings. The van der Waals surface area contributed by atoms with Gasteiger partial charge < -0.3 is 56.2 Å². The zero-order valence-electron chi connectivity index (χ0n) is 75.2. The van der Waals surface area contributed by atoms with Gasteiger partial charge in [0.05, 0.1) is 39.6 Å². The fraction of sp³-hybridized carbons (Fsp3) is 0.625. The summed E-state index contributed by atoms with van der Waals surface area (Å²) in [4.78, 5) is 15.7. The van der Waals surface area contributed by atoms with Gasteiger partial charge >= 0.3 is 24.6 Å². The molecular weight excluding hydrogens is 1480 g/mol. The van der Waals surface area contributed by atoms with Crippen LogP contribution in [0.2, 0.25) is 0 Å². The van der Waals surface area contributed by atoms with Crippen molar-refractivity contribution in [2.45, 2.75) is 353 Å². The molecule has 0 saturated heterocycles. The summed E-state index contributed by atoms with van der Waals surface area (Å²) >= 11 is 0. The Morgan fingerprint density at radius 1 is 0.272 bits per heavy atom. The summed E-state index contributed by atoms with van der Waals surface area (Å²) in [5.41, 5.74) is 3.29. The van der Waals surface area contributed by atoms with E-state index >= 15 is 0 Å². The lowest BCUT2D eigenvalue weighted by Crippen LogP contribution is -2.37.